The highest BCUT2D eigenvalue weighted by atomic mass is 127. The first kappa shape index (κ1) is 14.5. The van der Waals surface area contributed by atoms with Gasteiger partial charge in [-0.05, 0) is 53.8 Å². The van der Waals surface area contributed by atoms with Crippen molar-refractivity contribution in [1.29, 1.82) is 0 Å². The zero-order valence-corrected chi connectivity index (χ0v) is 13.8. The molecule has 0 aliphatic heterocycles. The van der Waals surface area contributed by atoms with Gasteiger partial charge in [-0.1, -0.05) is 25.1 Å². The number of aromatic nitrogens is 2. The second-order valence-corrected chi connectivity index (χ2v) is 5.90. The van der Waals surface area contributed by atoms with Gasteiger partial charge in [0.25, 0.3) is 0 Å². The van der Waals surface area contributed by atoms with Crippen molar-refractivity contribution < 1.29 is 0 Å². The van der Waals surface area contributed by atoms with E-state index < -0.39 is 0 Å². The van der Waals surface area contributed by atoms with Crippen LogP contribution < -0.4 is 5.32 Å². The van der Waals surface area contributed by atoms with E-state index in [0.717, 1.165) is 18.7 Å². The molecule has 1 unspecified atom stereocenters. The van der Waals surface area contributed by atoms with Crippen molar-refractivity contribution in [2.45, 2.75) is 26.3 Å². The van der Waals surface area contributed by atoms with Gasteiger partial charge in [-0.25, -0.2) is 0 Å². The summed E-state index contributed by atoms with van der Waals surface area (Å²) in [5.74, 6) is 0. The highest BCUT2D eigenvalue weighted by molar-refractivity contribution is 14.1. The summed E-state index contributed by atoms with van der Waals surface area (Å²) in [7, 11) is 2.02. The zero-order valence-electron chi connectivity index (χ0n) is 11.7. The standard InChI is InChI=1S/C15H20IN3/c1-4-17-15(13-7-5-6-8-14(13)16)10-12-9-11(2)18-19(12)3/h5-9,15,17H,4,10H2,1-3H3. The molecule has 0 amide bonds. The summed E-state index contributed by atoms with van der Waals surface area (Å²) >= 11 is 2.41. The number of rotatable bonds is 5. The summed E-state index contributed by atoms with van der Waals surface area (Å²) in [6.45, 7) is 5.15. The van der Waals surface area contributed by atoms with Crippen LogP contribution in [0.1, 0.15) is 29.9 Å². The molecule has 1 aromatic heterocycles. The maximum atomic E-state index is 4.43. The van der Waals surface area contributed by atoms with Crippen LogP contribution in [-0.2, 0) is 13.5 Å². The Morgan fingerprint density at radius 3 is 2.68 bits per heavy atom. The maximum Gasteiger partial charge on any atom is 0.0596 e. The lowest BCUT2D eigenvalue weighted by atomic mass is 10.0. The van der Waals surface area contributed by atoms with E-state index in [0.29, 0.717) is 6.04 Å². The molecule has 0 fully saturated rings. The molecule has 3 nitrogen and oxygen atoms in total. The van der Waals surface area contributed by atoms with Crippen LogP contribution in [-0.4, -0.2) is 16.3 Å². The minimum absolute atomic E-state index is 0.341. The lowest BCUT2D eigenvalue weighted by Crippen LogP contribution is -2.24. The Morgan fingerprint density at radius 2 is 2.11 bits per heavy atom. The fraction of sp³-hybridized carbons (Fsp3) is 0.400. The second-order valence-electron chi connectivity index (χ2n) is 4.74. The van der Waals surface area contributed by atoms with E-state index in [2.05, 4.69) is 70.3 Å². The molecule has 2 aromatic rings. The first-order chi connectivity index (χ1) is 9.11. The van der Waals surface area contributed by atoms with E-state index in [4.69, 9.17) is 0 Å². The fourth-order valence-corrected chi connectivity index (χ4v) is 3.12. The van der Waals surface area contributed by atoms with Gasteiger partial charge in [-0.3, -0.25) is 4.68 Å². The average molecular weight is 369 g/mol. The molecule has 102 valence electrons. The number of hydrogen-bond donors (Lipinski definition) is 1. The Balaban J connectivity index is 2.26. The molecule has 1 atom stereocenters. The third-order valence-corrected chi connectivity index (χ3v) is 4.23. The number of benzene rings is 1. The monoisotopic (exact) mass is 369 g/mol. The van der Waals surface area contributed by atoms with Crippen molar-refractivity contribution in [3.63, 3.8) is 0 Å². The molecule has 19 heavy (non-hydrogen) atoms. The van der Waals surface area contributed by atoms with Crippen LogP contribution in [0.25, 0.3) is 0 Å². The average Bonchev–Trinajstić information content (AvgIpc) is 2.68. The molecular weight excluding hydrogens is 349 g/mol. The van der Waals surface area contributed by atoms with Crippen LogP contribution in [0.4, 0.5) is 0 Å². The van der Waals surface area contributed by atoms with E-state index in [1.165, 1.54) is 14.8 Å². The second kappa shape index (κ2) is 6.52. The molecule has 4 heteroatoms. The van der Waals surface area contributed by atoms with E-state index in [1.54, 1.807) is 0 Å². The SMILES string of the molecule is CCNC(Cc1cc(C)nn1C)c1ccccc1I. The minimum Gasteiger partial charge on any atom is -0.310 e. The van der Waals surface area contributed by atoms with Crippen molar-refractivity contribution >= 4 is 22.6 Å². The number of nitrogens with one attached hydrogen (secondary N) is 1. The van der Waals surface area contributed by atoms with E-state index >= 15 is 0 Å². The highest BCUT2D eigenvalue weighted by Crippen LogP contribution is 2.23. The van der Waals surface area contributed by atoms with Crippen LogP contribution in [0, 0.1) is 10.5 Å². The van der Waals surface area contributed by atoms with Crippen molar-refractivity contribution in [3.8, 4) is 0 Å². The number of nitrogens with zero attached hydrogens (tertiary/aromatic N) is 2. The van der Waals surface area contributed by atoms with Gasteiger partial charge in [0.1, 0.15) is 0 Å². The van der Waals surface area contributed by atoms with Crippen LogP contribution in [0.2, 0.25) is 0 Å². The first-order valence-corrected chi connectivity index (χ1v) is 7.67. The molecule has 0 bridgehead atoms. The van der Waals surface area contributed by atoms with Crippen molar-refractivity contribution in [3.05, 3.63) is 50.9 Å². The normalized spacial score (nSPS) is 12.6. The van der Waals surface area contributed by atoms with Gasteiger partial charge in [0.2, 0.25) is 0 Å². The lowest BCUT2D eigenvalue weighted by Gasteiger charge is -2.19. The van der Waals surface area contributed by atoms with Gasteiger partial charge >= 0.3 is 0 Å². The van der Waals surface area contributed by atoms with E-state index in [-0.39, 0.29) is 0 Å². The number of aryl methyl sites for hydroxylation is 2. The molecule has 0 radical (unpaired) electrons. The molecule has 0 aliphatic carbocycles. The third-order valence-electron chi connectivity index (χ3n) is 3.24. The van der Waals surface area contributed by atoms with Crippen LogP contribution >= 0.6 is 22.6 Å². The van der Waals surface area contributed by atoms with Gasteiger partial charge in [-0.2, -0.15) is 5.10 Å². The topological polar surface area (TPSA) is 29.9 Å². The largest absolute Gasteiger partial charge is 0.310 e. The van der Waals surface area contributed by atoms with Gasteiger partial charge in [0.15, 0.2) is 0 Å². The Labute approximate surface area is 128 Å². The predicted molar refractivity (Wildman–Crippen MR) is 87.2 cm³/mol. The van der Waals surface area contributed by atoms with Crippen LogP contribution in [0.15, 0.2) is 30.3 Å². The molecule has 1 aromatic carbocycles. The Hall–Kier alpha value is -0.880. The Kier molecular flexibility index (Phi) is 4.99. The summed E-state index contributed by atoms with van der Waals surface area (Å²) in [5, 5.41) is 8.01. The molecule has 0 saturated heterocycles. The quantitative estimate of drug-likeness (QED) is 0.821. The van der Waals surface area contributed by atoms with Crippen molar-refractivity contribution in [2.24, 2.45) is 7.05 Å². The summed E-state index contributed by atoms with van der Waals surface area (Å²) in [6, 6.07) is 11.1. The first-order valence-electron chi connectivity index (χ1n) is 6.59. The van der Waals surface area contributed by atoms with Crippen molar-refractivity contribution in [2.75, 3.05) is 6.54 Å². The van der Waals surface area contributed by atoms with E-state index in [9.17, 15) is 0 Å². The molecule has 1 heterocycles. The highest BCUT2D eigenvalue weighted by Gasteiger charge is 2.15. The smallest absolute Gasteiger partial charge is 0.0596 e. The summed E-state index contributed by atoms with van der Waals surface area (Å²) in [4.78, 5) is 0. The summed E-state index contributed by atoms with van der Waals surface area (Å²) < 4.78 is 3.29. The van der Waals surface area contributed by atoms with Crippen LogP contribution in [0.5, 0.6) is 0 Å². The predicted octanol–water partition coefficient (Wildman–Crippen LogP) is 3.23. The Morgan fingerprint density at radius 1 is 1.37 bits per heavy atom. The number of hydrogen-bond acceptors (Lipinski definition) is 2. The summed E-state index contributed by atoms with van der Waals surface area (Å²) in [6.07, 6.45) is 0.963. The zero-order chi connectivity index (χ0) is 13.8. The van der Waals surface area contributed by atoms with Gasteiger partial charge in [0, 0.05) is 28.8 Å². The fourth-order valence-electron chi connectivity index (χ4n) is 2.36. The Bertz CT molecular complexity index is 548. The molecular formula is C15H20IN3. The van der Waals surface area contributed by atoms with Gasteiger partial charge in [-0.15, -0.1) is 0 Å². The number of halogens is 1. The molecule has 1 N–H and O–H groups in total. The van der Waals surface area contributed by atoms with Gasteiger partial charge in [0.05, 0.1) is 5.69 Å². The third kappa shape index (κ3) is 3.57. The van der Waals surface area contributed by atoms with E-state index in [1.807, 2.05) is 18.7 Å². The number of likely N-dealkylation sites (N-methyl/N-ethyl adjacent to an activating group) is 1. The molecule has 0 aliphatic rings. The maximum absolute atomic E-state index is 4.43. The minimum atomic E-state index is 0.341. The summed E-state index contributed by atoms with van der Waals surface area (Å²) in [5.41, 5.74) is 3.71. The molecule has 0 saturated carbocycles. The van der Waals surface area contributed by atoms with Crippen molar-refractivity contribution in [1.82, 2.24) is 15.1 Å². The van der Waals surface area contributed by atoms with Crippen LogP contribution in [0.3, 0.4) is 0 Å². The molecule has 0 spiro atoms. The lowest BCUT2D eigenvalue weighted by molar-refractivity contribution is 0.527. The molecule has 2 rings (SSSR count). The van der Waals surface area contributed by atoms with Gasteiger partial charge < -0.3 is 5.32 Å².